The maximum Gasteiger partial charge on any atom is 0.180 e. The lowest BCUT2D eigenvalue weighted by molar-refractivity contribution is 0.688. The average molecular weight is 392 g/mol. The van der Waals surface area contributed by atoms with Crippen molar-refractivity contribution in [3.05, 3.63) is 51.7 Å². The molecule has 8 heteroatoms. The zero-order valence-corrected chi connectivity index (χ0v) is 17.2. The van der Waals surface area contributed by atoms with E-state index in [-0.39, 0.29) is 0 Å². The van der Waals surface area contributed by atoms with E-state index in [2.05, 4.69) is 46.9 Å². The third-order valence-corrected chi connectivity index (χ3v) is 6.59. The molecule has 0 bridgehead atoms. The number of nitrogens with zero attached hydrogens (tertiary/aromatic N) is 7. The Morgan fingerprint density at radius 3 is 2.75 bits per heavy atom. The number of anilines is 1. The maximum absolute atomic E-state index is 4.78. The number of hydrogen-bond donors (Lipinski definition) is 0. The molecule has 0 atom stereocenters. The highest BCUT2D eigenvalue weighted by Gasteiger charge is 2.23. The van der Waals surface area contributed by atoms with E-state index < -0.39 is 0 Å². The second-order valence-electron chi connectivity index (χ2n) is 7.32. The smallest absolute Gasteiger partial charge is 0.180 e. The van der Waals surface area contributed by atoms with Gasteiger partial charge in [-0.15, -0.1) is 26.6 Å². The fourth-order valence-corrected chi connectivity index (χ4v) is 4.79. The van der Waals surface area contributed by atoms with Crippen LogP contribution in [-0.2, 0) is 13.0 Å². The van der Waals surface area contributed by atoms with Crippen molar-refractivity contribution in [3.8, 4) is 10.4 Å². The number of aryl methyl sites for hydroxylation is 3. The highest BCUT2D eigenvalue weighted by atomic mass is 32.1. The van der Waals surface area contributed by atoms with E-state index in [9.17, 15) is 0 Å². The van der Waals surface area contributed by atoms with E-state index in [1.54, 1.807) is 22.2 Å². The molecule has 142 valence electrons. The van der Waals surface area contributed by atoms with Gasteiger partial charge in [-0.05, 0) is 39.3 Å². The van der Waals surface area contributed by atoms with Gasteiger partial charge in [0, 0.05) is 48.1 Å². The van der Waals surface area contributed by atoms with Crippen LogP contribution < -0.4 is 4.90 Å². The van der Waals surface area contributed by atoms with Gasteiger partial charge in [0.1, 0.15) is 6.33 Å². The summed E-state index contributed by atoms with van der Waals surface area (Å²) in [4.78, 5) is 12.9. The number of thiazole rings is 1. The summed E-state index contributed by atoms with van der Waals surface area (Å²) in [6.07, 6.45) is 4.57. The molecule has 0 unspecified atom stereocenters. The summed E-state index contributed by atoms with van der Waals surface area (Å²) in [5, 5.41) is 14.0. The van der Waals surface area contributed by atoms with E-state index in [4.69, 9.17) is 10.1 Å². The quantitative estimate of drug-likeness (QED) is 0.521. The Morgan fingerprint density at radius 2 is 1.96 bits per heavy atom. The van der Waals surface area contributed by atoms with Gasteiger partial charge in [0.2, 0.25) is 0 Å². The molecule has 1 aliphatic heterocycles. The number of rotatable bonds is 2. The number of fused-ring (bicyclic) bond motifs is 2. The topological polar surface area (TPSA) is 72.1 Å². The summed E-state index contributed by atoms with van der Waals surface area (Å²) in [6.45, 7) is 10.0. The van der Waals surface area contributed by atoms with Gasteiger partial charge >= 0.3 is 0 Å². The predicted octanol–water partition coefficient (Wildman–Crippen LogP) is 3.44. The van der Waals surface area contributed by atoms with Gasteiger partial charge in [-0.1, -0.05) is 0 Å². The molecule has 0 aliphatic carbocycles. The minimum absolute atomic E-state index is 0.800. The molecule has 0 spiro atoms. The molecule has 1 aliphatic rings. The lowest BCUT2D eigenvalue weighted by Crippen LogP contribution is -2.32. The second-order valence-corrected chi connectivity index (χ2v) is 8.52. The molecule has 7 nitrogen and oxygen atoms in total. The largest absolute Gasteiger partial charge is 0.350 e. The van der Waals surface area contributed by atoms with Crippen LogP contribution in [0.1, 0.15) is 33.1 Å². The van der Waals surface area contributed by atoms with Gasteiger partial charge in [-0.25, -0.2) is 4.98 Å². The summed E-state index contributed by atoms with van der Waals surface area (Å²) in [5.41, 5.74) is 7.76. The van der Waals surface area contributed by atoms with Crippen molar-refractivity contribution in [2.24, 2.45) is 0 Å². The molecule has 0 fully saturated rings. The maximum atomic E-state index is 4.78. The van der Waals surface area contributed by atoms with Crippen molar-refractivity contribution in [1.82, 2.24) is 29.8 Å². The molecule has 0 aromatic carbocycles. The summed E-state index contributed by atoms with van der Waals surface area (Å²) >= 11 is 1.73. The fraction of sp³-hybridized carbons (Fsp3) is 0.350. The Balaban J connectivity index is 1.54. The Kier molecular flexibility index (Phi) is 3.90. The van der Waals surface area contributed by atoms with Crippen LogP contribution in [0.3, 0.4) is 0 Å². The molecule has 4 aromatic heterocycles. The Morgan fingerprint density at radius 1 is 1.11 bits per heavy atom. The lowest BCUT2D eigenvalue weighted by atomic mass is 10.0. The molecule has 28 heavy (non-hydrogen) atoms. The number of hydrogen-bond acceptors (Lipinski definition) is 7. The van der Waals surface area contributed by atoms with Gasteiger partial charge in [0.15, 0.2) is 11.5 Å². The molecular formula is C20H21N7S. The molecule has 0 radical (unpaired) electrons. The number of pyridine rings is 1. The highest BCUT2D eigenvalue weighted by Crippen LogP contribution is 2.33. The van der Waals surface area contributed by atoms with Crippen LogP contribution in [0.4, 0.5) is 5.82 Å². The number of aromatic nitrogens is 6. The van der Waals surface area contributed by atoms with Gasteiger partial charge in [0.25, 0.3) is 0 Å². The predicted molar refractivity (Wildman–Crippen MR) is 110 cm³/mol. The summed E-state index contributed by atoms with van der Waals surface area (Å²) in [6, 6.07) is 2.27. The zero-order valence-electron chi connectivity index (χ0n) is 16.4. The van der Waals surface area contributed by atoms with Gasteiger partial charge in [-0.2, -0.15) is 4.52 Å². The van der Waals surface area contributed by atoms with E-state index >= 15 is 0 Å². The third kappa shape index (κ3) is 2.67. The van der Waals surface area contributed by atoms with Crippen molar-refractivity contribution in [2.75, 3.05) is 11.4 Å². The minimum Gasteiger partial charge on any atom is -0.350 e. The summed E-state index contributed by atoms with van der Waals surface area (Å²) in [7, 11) is 0. The van der Waals surface area contributed by atoms with Crippen LogP contribution in [0.25, 0.3) is 16.1 Å². The van der Waals surface area contributed by atoms with Crippen LogP contribution in [0.15, 0.2) is 18.6 Å². The minimum atomic E-state index is 0.800. The SMILES string of the molecule is Cc1nc(C)c(-c2cnc3c(c2)CN(c2nn4cnnc4c(C)c2C)CC3)s1. The fourth-order valence-electron chi connectivity index (χ4n) is 3.89. The molecule has 0 saturated carbocycles. The van der Waals surface area contributed by atoms with E-state index in [0.717, 1.165) is 58.4 Å². The summed E-state index contributed by atoms with van der Waals surface area (Å²) < 4.78 is 1.77. The Labute approximate surface area is 167 Å². The third-order valence-electron chi connectivity index (χ3n) is 5.47. The lowest BCUT2D eigenvalue weighted by Gasteiger charge is -2.30. The first-order valence-corrected chi connectivity index (χ1v) is 10.2. The van der Waals surface area contributed by atoms with Crippen molar-refractivity contribution >= 4 is 22.8 Å². The molecule has 0 N–H and O–H groups in total. The van der Waals surface area contributed by atoms with E-state index in [0.29, 0.717) is 0 Å². The molecular weight excluding hydrogens is 370 g/mol. The van der Waals surface area contributed by atoms with Gasteiger partial charge < -0.3 is 4.90 Å². The van der Waals surface area contributed by atoms with Gasteiger partial charge in [-0.3, -0.25) is 4.98 Å². The Hall–Kier alpha value is -2.87. The standard InChI is InChI=1S/C20H21N7S/c1-11-12(2)20(25-27-10-22-24-19(11)27)26-6-5-17-16(9-26)7-15(8-21-17)18-13(3)23-14(4)28-18/h7-8,10H,5-6,9H2,1-4H3. The van der Waals surface area contributed by atoms with Crippen LogP contribution >= 0.6 is 11.3 Å². The molecule has 0 saturated heterocycles. The highest BCUT2D eigenvalue weighted by molar-refractivity contribution is 7.15. The van der Waals surface area contributed by atoms with Crippen LogP contribution in [0.5, 0.6) is 0 Å². The van der Waals surface area contributed by atoms with Crippen LogP contribution in [0, 0.1) is 27.7 Å². The average Bonchev–Trinajstić information content (AvgIpc) is 3.29. The van der Waals surface area contributed by atoms with Crippen LogP contribution in [-0.4, -0.2) is 36.3 Å². The Bertz CT molecular complexity index is 1210. The van der Waals surface area contributed by atoms with Gasteiger partial charge in [0.05, 0.1) is 15.6 Å². The molecule has 4 aromatic rings. The van der Waals surface area contributed by atoms with E-state index in [1.807, 2.05) is 13.1 Å². The molecule has 5 rings (SSSR count). The monoisotopic (exact) mass is 391 g/mol. The summed E-state index contributed by atoms with van der Waals surface area (Å²) in [5.74, 6) is 0.991. The normalized spacial score (nSPS) is 13.9. The van der Waals surface area contributed by atoms with Crippen molar-refractivity contribution in [1.29, 1.82) is 0 Å². The van der Waals surface area contributed by atoms with Crippen LogP contribution in [0.2, 0.25) is 0 Å². The molecule has 0 amide bonds. The first kappa shape index (κ1) is 17.2. The first-order chi connectivity index (χ1) is 13.5. The van der Waals surface area contributed by atoms with Crippen molar-refractivity contribution < 1.29 is 0 Å². The first-order valence-electron chi connectivity index (χ1n) is 9.35. The van der Waals surface area contributed by atoms with Crippen molar-refractivity contribution in [3.63, 3.8) is 0 Å². The zero-order chi connectivity index (χ0) is 19.4. The van der Waals surface area contributed by atoms with E-state index in [1.165, 1.54) is 16.1 Å². The van der Waals surface area contributed by atoms with Crippen molar-refractivity contribution in [2.45, 2.75) is 40.7 Å². The molecule has 5 heterocycles. The second kappa shape index (κ2) is 6.34.